The SMILES string of the molecule is CCCCCCCCCCCCCCCCCc1ncc(-c2ccc(C)cc2)[nH]1. The Morgan fingerprint density at radius 1 is 0.655 bits per heavy atom. The summed E-state index contributed by atoms with van der Waals surface area (Å²) in [6, 6.07) is 8.65. The average molecular weight is 397 g/mol. The molecule has 1 heterocycles. The lowest BCUT2D eigenvalue weighted by molar-refractivity contribution is 0.531. The van der Waals surface area contributed by atoms with Crippen LogP contribution in [0.15, 0.2) is 30.5 Å². The molecule has 0 fully saturated rings. The maximum Gasteiger partial charge on any atom is 0.106 e. The minimum absolute atomic E-state index is 1.07. The van der Waals surface area contributed by atoms with Crippen molar-refractivity contribution in [2.75, 3.05) is 0 Å². The molecule has 0 saturated carbocycles. The third kappa shape index (κ3) is 10.7. The van der Waals surface area contributed by atoms with E-state index in [0.29, 0.717) is 0 Å². The van der Waals surface area contributed by atoms with Gasteiger partial charge in [-0.25, -0.2) is 4.98 Å². The molecule has 2 rings (SSSR count). The molecule has 0 aliphatic carbocycles. The van der Waals surface area contributed by atoms with Crippen molar-refractivity contribution in [1.82, 2.24) is 9.97 Å². The fraction of sp³-hybridized carbons (Fsp3) is 0.667. The van der Waals surface area contributed by atoms with Crippen molar-refractivity contribution in [2.24, 2.45) is 0 Å². The summed E-state index contributed by atoms with van der Waals surface area (Å²) >= 11 is 0. The van der Waals surface area contributed by atoms with E-state index in [1.165, 1.54) is 107 Å². The molecule has 0 aliphatic rings. The van der Waals surface area contributed by atoms with E-state index in [9.17, 15) is 0 Å². The third-order valence-electron chi connectivity index (χ3n) is 6.01. The fourth-order valence-electron chi connectivity index (χ4n) is 4.03. The first-order chi connectivity index (χ1) is 14.3. The number of hydrogen-bond donors (Lipinski definition) is 1. The first-order valence-electron chi connectivity index (χ1n) is 12.4. The summed E-state index contributed by atoms with van der Waals surface area (Å²) in [7, 11) is 0. The molecular formula is C27H44N2. The minimum Gasteiger partial charge on any atom is -0.342 e. The zero-order chi connectivity index (χ0) is 20.6. The zero-order valence-electron chi connectivity index (χ0n) is 19.1. The van der Waals surface area contributed by atoms with Crippen molar-refractivity contribution >= 4 is 0 Å². The summed E-state index contributed by atoms with van der Waals surface area (Å²) in [5.74, 6) is 1.13. The predicted molar refractivity (Wildman–Crippen MR) is 127 cm³/mol. The number of nitrogens with one attached hydrogen (secondary N) is 1. The van der Waals surface area contributed by atoms with Crippen LogP contribution in [0.2, 0.25) is 0 Å². The second-order valence-corrected chi connectivity index (χ2v) is 8.81. The lowest BCUT2D eigenvalue weighted by Crippen LogP contribution is -1.89. The lowest BCUT2D eigenvalue weighted by atomic mass is 10.0. The van der Waals surface area contributed by atoms with Crippen LogP contribution in [-0.2, 0) is 6.42 Å². The van der Waals surface area contributed by atoms with Gasteiger partial charge in [0.1, 0.15) is 5.82 Å². The van der Waals surface area contributed by atoms with Crippen molar-refractivity contribution in [3.63, 3.8) is 0 Å². The molecule has 1 aromatic heterocycles. The Morgan fingerprint density at radius 3 is 1.66 bits per heavy atom. The highest BCUT2D eigenvalue weighted by Gasteiger charge is 2.03. The molecule has 2 heteroatoms. The van der Waals surface area contributed by atoms with Crippen LogP contribution < -0.4 is 0 Å². The molecule has 2 nitrogen and oxygen atoms in total. The molecule has 0 bridgehead atoms. The van der Waals surface area contributed by atoms with Gasteiger partial charge in [-0.3, -0.25) is 0 Å². The Hall–Kier alpha value is -1.57. The van der Waals surface area contributed by atoms with Crippen LogP contribution in [0.5, 0.6) is 0 Å². The molecule has 0 atom stereocenters. The standard InChI is InChI=1S/C27H44N2/c1-3-4-5-6-7-8-9-10-11-12-13-14-15-16-17-18-27-28-23-26(29-27)25-21-19-24(2)20-22-25/h19-23H,3-18H2,1-2H3,(H,28,29). The Balaban J connectivity index is 1.40. The minimum atomic E-state index is 1.07. The molecule has 0 saturated heterocycles. The summed E-state index contributed by atoms with van der Waals surface area (Å²) in [6.07, 6.45) is 24.3. The van der Waals surface area contributed by atoms with Gasteiger partial charge in [-0.15, -0.1) is 0 Å². The number of hydrogen-bond acceptors (Lipinski definition) is 1. The van der Waals surface area contributed by atoms with Gasteiger partial charge >= 0.3 is 0 Å². The van der Waals surface area contributed by atoms with Crippen LogP contribution >= 0.6 is 0 Å². The Morgan fingerprint density at radius 2 is 1.14 bits per heavy atom. The van der Waals surface area contributed by atoms with Gasteiger partial charge in [0, 0.05) is 6.42 Å². The average Bonchev–Trinajstić information content (AvgIpc) is 3.20. The Labute approximate surface area is 179 Å². The molecule has 1 aromatic carbocycles. The van der Waals surface area contributed by atoms with Gasteiger partial charge in [-0.1, -0.05) is 127 Å². The summed E-state index contributed by atoms with van der Waals surface area (Å²) in [5, 5.41) is 0. The number of rotatable bonds is 17. The fourth-order valence-corrected chi connectivity index (χ4v) is 4.03. The number of imidazole rings is 1. The number of aromatic amines is 1. The number of nitrogens with zero attached hydrogens (tertiary/aromatic N) is 1. The van der Waals surface area contributed by atoms with Crippen LogP contribution in [-0.4, -0.2) is 9.97 Å². The van der Waals surface area contributed by atoms with Crippen molar-refractivity contribution in [1.29, 1.82) is 0 Å². The highest BCUT2D eigenvalue weighted by Crippen LogP contribution is 2.18. The van der Waals surface area contributed by atoms with E-state index in [1.807, 2.05) is 6.20 Å². The van der Waals surface area contributed by atoms with E-state index in [-0.39, 0.29) is 0 Å². The molecule has 1 N–H and O–H groups in total. The first kappa shape index (κ1) is 23.7. The molecular weight excluding hydrogens is 352 g/mol. The molecule has 0 spiro atoms. The molecule has 0 amide bonds. The van der Waals surface area contributed by atoms with Gasteiger partial charge in [0.25, 0.3) is 0 Å². The quantitative estimate of drug-likeness (QED) is 0.266. The molecule has 162 valence electrons. The maximum absolute atomic E-state index is 4.56. The van der Waals surface area contributed by atoms with Gasteiger partial charge in [0.05, 0.1) is 11.9 Å². The number of aryl methyl sites for hydroxylation is 2. The number of aromatic nitrogens is 2. The van der Waals surface area contributed by atoms with Gasteiger partial charge in [-0.2, -0.15) is 0 Å². The van der Waals surface area contributed by atoms with Crippen LogP contribution in [0.1, 0.15) is 115 Å². The van der Waals surface area contributed by atoms with Gasteiger partial charge < -0.3 is 4.98 Å². The molecule has 0 radical (unpaired) electrons. The summed E-state index contributed by atoms with van der Waals surface area (Å²) in [5.41, 5.74) is 3.66. The van der Waals surface area contributed by atoms with Crippen LogP contribution in [0.4, 0.5) is 0 Å². The summed E-state index contributed by atoms with van der Waals surface area (Å²) in [6.45, 7) is 4.42. The van der Waals surface area contributed by atoms with E-state index in [2.05, 4.69) is 48.1 Å². The van der Waals surface area contributed by atoms with Crippen molar-refractivity contribution in [3.8, 4) is 11.3 Å². The number of H-pyrrole nitrogens is 1. The zero-order valence-corrected chi connectivity index (χ0v) is 19.1. The van der Waals surface area contributed by atoms with E-state index in [1.54, 1.807) is 0 Å². The summed E-state index contributed by atoms with van der Waals surface area (Å²) < 4.78 is 0. The molecule has 2 aromatic rings. The Kier molecular flexibility index (Phi) is 12.5. The maximum atomic E-state index is 4.56. The molecule has 0 unspecified atom stereocenters. The highest BCUT2D eigenvalue weighted by molar-refractivity contribution is 5.58. The van der Waals surface area contributed by atoms with Gasteiger partial charge in [0.15, 0.2) is 0 Å². The normalized spacial score (nSPS) is 11.2. The molecule has 29 heavy (non-hydrogen) atoms. The second-order valence-electron chi connectivity index (χ2n) is 8.81. The van der Waals surface area contributed by atoms with Crippen LogP contribution in [0.3, 0.4) is 0 Å². The summed E-state index contributed by atoms with van der Waals surface area (Å²) in [4.78, 5) is 8.05. The van der Waals surface area contributed by atoms with E-state index in [0.717, 1.165) is 17.9 Å². The van der Waals surface area contributed by atoms with Gasteiger partial charge in [0.2, 0.25) is 0 Å². The first-order valence-corrected chi connectivity index (χ1v) is 12.4. The van der Waals surface area contributed by atoms with E-state index >= 15 is 0 Å². The van der Waals surface area contributed by atoms with Crippen molar-refractivity contribution in [2.45, 2.75) is 117 Å². The van der Waals surface area contributed by atoms with E-state index in [4.69, 9.17) is 0 Å². The van der Waals surface area contributed by atoms with E-state index < -0.39 is 0 Å². The largest absolute Gasteiger partial charge is 0.342 e. The smallest absolute Gasteiger partial charge is 0.106 e. The highest BCUT2D eigenvalue weighted by atomic mass is 14.9. The van der Waals surface area contributed by atoms with Crippen LogP contribution in [0, 0.1) is 6.92 Å². The van der Waals surface area contributed by atoms with Gasteiger partial charge in [-0.05, 0) is 18.9 Å². The van der Waals surface area contributed by atoms with Crippen molar-refractivity contribution in [3.05, 3.63) is 41.9 Å². The third-order valence-corrected chi connectivity index (χ3v) is 6.01. The lowest BCUT2D eigenvalue weighted by Gasteiger charge is -2.03. The second kappa shape index (κ2) is 15.3. The van der Waals surface area contributed by atoms with Crippen molar-refractivity contribution < 1.29 is 0 Å². The topological polar surface area (TPSA) is 28.7 Å². The molecule has 0 aliphatic heterocycles. The number of benzene rings is 1. The Bertz CT molecular complexity index is 626. The predicted octanol–water partition coefficient (Wildman–Crippen LogP) is 8.80. The number of unbranched alkanes of at least 4 members (excludes halogenated alkanes) is 14. The monoisotopic (exact) mass is 396 g/mol. The van der Waals surface area contributed by atoms with Crippen LogP contribution in [0.25, 0.3) is 11.3 Å².